The second-order valence-electron chi connectivity index (χ2n) is 2.53. The van der Waals surface area contributed by atoms with E-state index < -0.39 is 0 Å². The number of aryl methyl sites for hydroxylation is 1. The zero-order valence-corrected chi connectivity index (χ0v) is 6.93. The summed E-state index contributed by atoms with van der Waals surface area (Å²) in [5.74, 6) is 1.19. The van der Waals surface area contributed by atoms with E-state index in [9.17, 15) is 4.79 Å². The van der Waals surface area contributed by atoms with Crippen molar-refractivity contribution in [2.45, 2.75) is 6.92 Å². The predicted molar refractivity (Wildman–Crippen MR) is 45.5 cm³/mol. The maximum atomic E-state index is 10.1. The lowest BCUT2D eigenvalue weighted by Gasteiger charge is -1.96. The summed E-state index contributed by atoms with van der Waals surface area (Å²) in [6.07, 6.45) is 1.49. The third-order valence-electron chi connectivity index (χ3n) is 1.73. The van der Waals surface area contributed by atoms with Gasteiger partial charge in [0.05, 0.1) is 0 Å². The van der Waals surface area contributed by atoms with Crippen LogP contribution in [0, 0.1) is 6.92 Å². The van der Waals surface area contributed by atoms with E-state index in [0.717, 1.165) is 0 Å². The predicted octanol–water partition coefficient (Wildman–Crippen LogP) is 1.01. The fraction of sp³-hybridized carbons (Fsp3) is 0.125. The Hall–Kier alpha value is -2.00. The van der Waals surface area contributed by atoms with Gasteiger partial charge in [-0.25, -0.2) is 4.79 Å². The summed E-state index contributed by atoms with van der Waals surface area (Å²) in [7, 11) is 0. The molecule has 0 aliphatic heterocycles. The van der Waals surface area contributed by atoms with Crippen molar-refractivity contribution < 1.29 is 4.79 Å². The molecule has 0 unspecified atom stereocenters. The summed E-state index contributed by atoms with van der Waals surface area (Å²) in [6, 6.07) is 5.26. The highest BCUT2D eigenvalue weighted by molar-refractivity contribution is 5.51. The summed E-state index contributed by atoms with van der Waals surface area (Å²) >= 11 is 0. The smallest absolute Gasteiger partial charge is 0.242 e. The number of aliphatic imine (C=N–C) groups is 1. The molecule has 0 aliphatic carbocycles. The maximum absolute atomic E-state index is 10.1. The van der Waals surface area contributed by atoms with Crippen LogP contribution >= 0.6 is 0 Å². The summed E-state index contributed by atoms with van der Waals surface area (Å²) in [6.45, 7) is 1.80. The largest absolute Gasteiger partial charge is 0.262 e. The minimum absolute atomic E-state index is 0.495. The zero-order chi connectivity index (χ0) is 9.26. The van der Waals surface area contributed by atoms with Gasteiger partial charge in [0.1, 0.15) is 5.82 Å². The van der Waals surface area contributed by atoms with Crippen LogP contribution in [0.3, 0.4) is 0 Å². The molecule has 0 atom stereocenters. The molecule has 0 radical (unpaired) electrons. The van der Waals surface area contributed by atoms with E-state index in [4.69, 9.17) is 0 Å². The summed E-state index contributed by atoms with van der Waals surface area (Å²) < 4.78 is 1.69. The van der Waals surface area contributed by atoms with Crippen molar-refractivity contribution in [2.75, 3.05) is 0 Å². The molecular formula is C8H6N4O. The van der Waals surface area contributed by atoms with Crippen LogP contribution in [-0.4, -0.2) is 20.7 Å². The molecule has 2 aromatic heterocycles. The molecule has 5 heteroatoms. The SMILES string of the molecule is Cc1nnc2cccc(N=C=O)n12. The molecule has 0 saturated heterocycles. The lowest BCUT2D eigenvalue weighted by atomic mass is 10.4. The van der Waals surface area contributed by atoms with Crippen LogP contribution in [0.4, 0.5) is 5.82 Å². The lowest BCUT2D eigenvalue weighted by molar-refractivity contribution is 0.565. The van der Waals surface area contributed by atoms with Gasteiger partial charge in [-0.15, -0.1) is 15.2 Å². The Morgan fingerprint density at radius 1 is 1.46 bits per heavy atom. The highest BCUT2D eigenvalue weighted by Crippen LogP contribution is 2.14. The van der Waals surface area contributed by atoms with Crippen LogP contribution < -0.4 is 0 Å². The number of isocyanates is 1. The molecule has 0 spiro atoms. The van der Waals surface area contributed by atoms with Gasteiger partial charge in [-0.2, -0.15) is 0 Å². The number of hydrogen-bond acceptors (Lipinski definition) is 4. The van der Waals surface area contributed by atoms with E-state index in [2.05, 4.69) is 15.2 Å². The normalized spacial score (nSPS) is 9.92. The first kappa shape index (κ1) is 7.64. The summed E-state index contributed by atoms with van der Waals surface area (Å²) in [5, 5.41) is 7.75. The Morgan fingerprint density at radius 2 is 2.31 bits per heavy atom. The van der Waals surface area contributed by atoms with Crippen molar-refractivity contribution in [3.05, 3.63) is 24.0 Å². The Bertz CT molecular complexity index is 496. The van der Waals surface area contributed by atoms with Gasteiger partial charge in [0.15, 0.2) is 11.5 Å². The first-order valence-electron chi connectivity index (χ1n) is 3.71. The Balaban J connectivity index is 2.87. The van der Waals surface area contributed by atoms with Crippen molar-refractivity contribution in [3.63, 3.8) is 0 Å². The van der Waals surface area contributed by atoms with Crippen LogP contribution in [0.1, 0.15) is 5.82 Å². The maximum Gasteiger partial charge on any atom is 0.242 e. The van der Waals surface area contributed by atoms with Gasteiger partial charge in [-0.3, -0.25) is 4.40 Å². The third kappa shape index (κ3) is 1.11. The van der Waals surface area contributed by atoms with E-state index >= 15 is 0 Å². The summed E-state index contributed by atoms with van der Waals surface area (Å²) in [4.78, 5) is 13.7. The van der Waals surface area contributed by atoms with Gasteiger partial charge in [-0.1, -0.05) is 6.07 Å². The van der Waals surface area contributed by atoms with Crippen molar-refractivity contribution in [1.82, 2.24) is 14.6 Å². The molecule has 0 fully saturated rings. The molecule has 2 heterocycles. The molecule has 2 aromatic rings. The second-order valence-corrected chi connectivity index (χ2v) is 2.53. The monoisotopic (exact) mass is 174 g/mol. The Labute approximate surface area is 73.7 Å². The van der Waals surface area contributed by atoms with Crippen LogP contribution in [0.25, 0.3) is 5.65 Å². The van der Waals surface area contributed by atoms with Crippen LogP contribution in [0.15, 0.2) is 23.2 Å². The van der Waals surface area contributed by atoms with Crippen molar-refractivity contribution >= 4 is 17.5 Å². The fourth-order valence-corrected chi connectivity index (χ4v) is 1.20. The van der Waals surface area contributed by atoms with E-state index in [0.29, 0.717) is 17.3 Å². The minimum Gasteiger partial charge on any atom is -0.262 e. The minimum atomic E-state index is 0.495. The van der Waals surface area contributed by atoms with Gasteiger partial charge in [-0.05, 0) is 19.1 Å². The highest BCUT2D eigenvalue weighted by atomic mass is 16.1. The molecule has 0 saturated carbocycles. The van der Waals surface area contributed by atoms with Crippen molar-refractivity contribution in [1.29, 1.82) is 0 Å². The summed E-state index contributed by atoms with van der Waals surface area (Å²) in [5.41, 5.74) is 0.675. The fourth-order valence-electron chi connectivity index (χ4n) is 1.20. The molecule has 0 N–H and O–H groups in total. The molecule has 0 bridgehead atoms. The van der Waals surface area contributed by atoms with Crippen LogP contribution in [0.2, 0.25) is 0 Å². The average Bonchev–Trinajstić information content (AvgIpc) is 2.50. The molecule has 2 rings (SSSR count). The number of fused-ring (bicyclic) bond motifs is 1. The lowest BCUT2D eigenvalue weighted by Crippen LogP contribution is -1.88. The number of hydrogen-bond donors (Lipinski definition) is 0. The Kier molecular flexibility index (Phi) is 1.65. The second kappa shape index (κ2) is 2.80. The molecule has 0 aliphatic rings. The van der Waals surface area contributed by atoms with Crippen LogP contribution in [0.5, 0.6) is 0 Å². The molecular weight excluding hydrogens is 168 g/mol. The van der Waals surface area contributed by atoms with Crippen LogP contribution in [-0.2, 0) is 4.79 Å². The molecule has 0 amide bonds. The highest BCUT2D eigenvalue weighted by Gasteiger charge is 2.03. The first-order valence-corrected chi connectivity index (χ1v) is 3.71. The quantitative estimate of drug-likeness (QED) is 0.478. The third-order valence-corrected chi connectivity index (χ3v) is 1.73. The number of pyridine rings is 1. The van der Waals surface area contributed by atoms with Gasteiger partial charge in [0, 0.05) is 0 Å². The number of carbonyl (C=O) groups excluding carboxylic acids is 1. The zero-order valence-electron chi connectivity index (χ0n) is 6.93. The van der Waals surface area contributed by atoms with Gasteiger partial charge in [0.25, 0.3) is 0 Å². The number of nitrogens with zero attached hydrogens (tertiary/aromatic N) is 4. The molecule has 0 aromatic carbocycles. The van der Waals surface area contributed by atoms with Gasteiger partial charge < -0.3 is 0 Å². The number of aromatic nitrogens is 3. The van der Waals surface area contributed by atoms with E-state index in [1.54, 1.807) is 29.5 Å². The average molecular weight is 174 g/mol. The molecule has 13 heavy (non-hydrogen) atoms. The topological polar surface area (TPSA) is 59.6 Å². The number of rotatable bonds is 1. The van der Waals surface area contributed by atoms with Gasteiger partial charge in [0.2, 0.25) is 6.08 Å². The first-order chi connectivity index (χ1) is 6.33. The van der Waals surface area contributed by atoms with E-state index in [1.807, 2.05) is 0 Å². The molecule has 64 valence electrons. The van der Waals surface area contributed by atoms with Crippen molar-refractivity contribution in [2.24, 2.45) is 4.99 Å². The standard InChI is InChI=1S/C8H6N4O/c1-6-10-11-8-4-2-3-7(9-5-13)12(6)8/h2-4H,1H3. The van der Waals surface area contributed by atoms with E-state index in [1.165, 1.54) is 6.08 Å². The molecule has 5 nitrogen and oxygen atoms in total. The Morgan fingerprint density at radius 3 is 3.08 bits per heavy atom. The van der Waals surface area contributed by atoms with Crippen molar-refractivity contribution in [3.8, 4) is 0 Å². The van der Waals surface area contributed by atoms with E-state index in [-0.39, 0.29) is 0 Å². The van der Waals surface area contributed by atoms with Gasteiger partial charge >= 0.3 is 0 Å².